The number of likely N-dealkylation sites (tertiary alicyclic amines) is 2. The van der Waals surface area contributed by atoms with E-state index in [2.05, 4.69) is 59.3 Å². The second-order valence-corrected chi connectivity index (χ2v) is 12.2. The van der Waals surface area contributed by atoms with Crippen molar-refractivity contribution in [2.24, 2.45) is 5.41 Å². The Bertz CT molecular complexity index is 1040. The molecule has 0 amide bonds. The number of rotatable bonds is 10. The molecule has 2 aromatic heterocycles. The maximum absolute atomic E-state index is 4.42. The molecule has 3 aromatic rings. The van der Waals surface area contributed by atoms with E-state index in [9.17, 15) is 0 Å². The molecule has 1 saturated carbocycles. The van der Waals surface area contributed by atoms with E-state index in [1.54, 1.807) is 0 Å². The van der Waals surface area contributed by atoms with Gasteiger partial charge >= 0.3 is 0 Å². The van der Waals surface area contributed by atoms with Gasteiger partial charge in [-0.1, -0.05) is 43.5 Å². The van der Waals surface area contributed by atoms with Crippen molar-refractivity contribution in [2.45, 2.75) is 89.4 Å². The number of imidazole rings is 2. The van der Waals surface area contributed by atoms with Crippen LogP contribution < -0.4 is 5.32 Å². The number of H-pyrrole nitrogens is 2. The monoisotopic (exact) mass is 515 g/mol. The summed E-state index contributed by atoms with van der Waals surface area (Å²) in [5.41, 5.74) is 3.34. The lowest BCUT2D eigenvalue weighted by molar-refractivity contribution is 0.0615. The fourth-order valence-electron chi connectivity index (χ4n) is 7.17. The Morgan fingerprint density at radius 2 is 1.47 bits per heavy atom. The summed E-state index contributed by atoms with van der Waals surface area (Å²) in [5, 5.41) is 3.74. The Balaban J connectivity index is 0.973. The van der Waals surface area contributed by atoms with Crippen molar-refractivity contribution in [1.29, 1.82) is 0 Å². The molecule has 7 heteroatoms. The lowest BCUT2D eigenvalue weighted by atomic mass is 9.77. The predicted octanol–water partition coefficient (Wildman–Crippen LogP) is 4.70. The topological polar surface area (TPSA) is 75.9 Å². The molecule has 0 bridgehead atoms. The number of piperidine rings is 1. The molecule has 2 aliphatic heterocycles. The molecule has 0 unspecified atom stereocenters. The number of nitrogens with one attached hydrogen (secondary N) is 3. The standard InChI is InChI=1S/C31H45N7/c1-2-4-28(5-3-1)38-18-11-31(12-19-38)10-17-37(24-31)23-26-8-6-25(7-9-26)22-36-27(20-29-32-13-14-33-29)21-30-34-15-16-35-30/h6-9,13-16,27-28,36H,1-5,10-12,17-24H2,(H,32,33)(H,34,35). The summed E-state index contributed by atoms with van der Waals surface area (Å²) in [6.45, 7) is 7.14. The summed E-state index contributed by atoms with van der Waals surface area (Å²) >= 11 is 0. The zero-order valence-electron chi connectivity index (χ0n) is 22.9. The van der Waals surface area contributed by atoms with Gasteiger partial charge < -0.3 is 20.2 Å². The minimum Gasteiger partial charge on any atom is -0.349 e. The number of hydrogen-bond acceptors (Lipinski definition) is 5. The number of hydrogen-bond donors (Lipinski definition) is 3. The highest BCUT2D eigenvalue weighted by Crippen LogP contribution is 2.42. The number of aromatic amines is 2. The fourth-order valence-corrected chi connectivity index (χ4v) is 7.17. The van der Waals surface area contributed by atoms with Gasteiger partial charge in [0.1, 0.15) is 11.6 Å². The molecule has 1 aromatic carbocycles. The highest BCUT2D eigenvalue weighted by Gasteiger charge is 2.41. The molecule has 204 valence electrons. The highest BCUT2D eigenvalue weighted by atomic mass is 15.2. The molecule has 4 heterocycles. The lowest BCUT2D eigenvalue weighted by Crippen LogP contribution is -2.46. The highest BCUT2D eigenvalue weighted by molar-refractivity contribution is 5.23. The molecule has 1 spiro atoms. The SMILES string of the molecule is c1c[nH]c(CC(Cc2ncc[nH]2)NCc2ccc(CN3CCC4(CCN(C5CCCCC5)CC4)C3)cc2)n1. The van der Waals surface area contributed by atoms with Crippen molar-refractivity contribution >= 4 is 0 Å². The van der Waals surface area contributed by atoms with E-state index in [0.29, 0.717) is 5.41 Å². The van der Waals surface area contributed by atoms with E-state index in [4.69, 9.17) is 0 Å². The van der Waals surface area contributed by atoms with Crippen LogP contribution in [0, 0.1) is 5.41 Å². The molecule has 0 radical (unpaired) electrons. The van der Waals surface area contributed by atoms with Gasteiger partial charge in [-0.3, -0.25) is 4.90 Å². The molecule has 0 atom stereocenters. The first-order chi connectivity index (χ1) is 18.7. The Kier molecular flexibility index (Phi) is 8.24. The Labute approximate surface area is 227 Å². The maximum Gasteiger partial charge on any atom is 0.107 e. The summed E-state index contributed by atoms with van der Waals surface area (Å²) in [6.07, 6.45) is 20.6. The Morgan fingerprint density at radius 3 is 2.11 bits per heavy atom. The summed E-state index contributed by atoms with van der Waals surface area (Å²) < 4.78 is 0. The number of aromatic nitrogens is 4. The van der Waals surface area contributed by atoms with E-state index in [1.807, 2.05) is 24.8 Å². The van der Waals surface area contributed by atoms with Crippen LogP contribution in [0.15, 0.2) is 49.1 Å². The van der Waals surface area contributed by atoms with Crippen molar-refractivity contribution in [3.63, 3.8) is 0 Å². The Morgan fingerprint density at radius 1 is 0.842 bits per heavy atom. The molecule has 3 aliphatic rings. The van der Waals surface area contributed by atoms with E-state index in [1.165, 1.54) is 88.7 Å². The van der Waals surface area contributed by atoms with Gasteiger partial charge in [-0.05, 0) is 68.3 Å². The first-order valence-electron chi connectivity index (χ1n) is 15.0. The van der Waals surface area contributed by atoms with Crippen LogP contribution >= 0.6 is 0 Å². The van der Waals surface area contributed by atoms with Crippen LogP contribution in [0.25, 0.3) is 0 Å². The molecule has 38 heavy (non-hydrogen) atoms. The van der Waals surface area contributed by atoms with Crippen molar-refractivity contribution in [1.82, 2.24) is 35.1 Å². The van der Waals surface area contributed by atoms with E-state index >= 15 is 0 Å². The summed E-state index contributed by atoms with van der Waals surface area (Å²) in [7, 11) is 0. The number of nitrogens with zero attached hydrogens (tertiary/aromatic N) is 4. The first kappa shape index (κ1) is 25.8. The normalized spacial score (nSPS) is 21.1. The third-order valence-electron chi connectivity index (χ3n) is 9.48. The van der Waals surface area contributed by atoms with Crippen LogP contribution in [0.4, 0.5) is 0 Å². The zero-order chi connectivity index (χ0) is 25.6. The molecular weight excluding hydrogens is 470 g/mol. The third-order valence-corrected chi connectivity index (χ3v) is 9.48. The molecular formula is C31H45N7. The molecule has 1 aliphatic carbocycles. The maximum atomic E-state index is 4.42. The molecule has 7 nitrogen and oxygen atoms in total. The second-order valence-electron chi connectivity index (χ2n) is 12.2. The Hall–Kier alpha value is -2.48. The smallest absolute Gasteiger partial charge is 0.107 e. The lowest BCUT2D eigenvalue weighted by Gasteiger charge is -2.43. The summed E-state index contributed by atoms with van der Waals surface area (Å²) in [5.74, 6) is 2.01. The van der Waals surface area contributed by atoms with Gasteiger partial charge in [-0.25, -0.2) is 9.97 Å². The van der Waals surface area contributed by atoms with Gasteiger partial charge in [-0.15, -0.1) is 0 Å². The van der Waals surface area contributed by atoms with Crippen LogP contribution in [-0.4, -0.2) is 68.0 Å². The van der Waals surface area contributed by atoms with Crippen LogP contribution in [0.1, 0.15) is 74.1 Å². The van der Waals surface area contributed by atoms with Crippen molar-refractivity contribution in [3.8, 4) is 0 Å². The average Bonchev–Trinajstić information content (AvgIpc) is 3.73. The largest absolute Gasteiger partial charge is 0.349 e. The van der Waals surface area contributed by atoms with Gasteiger partial charge in [0.15, 0.2) is 0 Å². The second kappa shape index (κ2) is 12.1. The van der Waals surface area contributed by atoms with Crippen molar-refractivity contribution < 1.29 is 0 Å². The minimum absolute atomic E-state index is 0.261. The van der Waals surface area contributed by atoms with Crippen LogP contribution in [0.2, 0.25) is 0 Å². The quantitative estimate of drug-likeness (QED) is 0.365. The molecule has 6 rings (SSSR count). The third kappa shape index (κ3) is 6.56. The minimum atomic E-state index is 0.261. The molecule has 2 saturated heterocycles. The van der Waals surface area contributed by atoms with E-state index in [-0.39, 0.29) is 6.04 Å². The van der Waals surface area contributed by atoms with Gasteiger partial charge in [0.2, 0.25) is 0 Å². The zero-order valence-corrected chi connectivity index (χ0v) is 22.9. The number of benzene rings is 1. The summed E-state index contributed by atoms with van der Waals surface area (Å²) in [4.78, 5) is 20.9. The predicted molar refractivity (Wildman–Crippen MR) is 152 cm³/mol. The van der Waals surface area contributed by atoms with E-state index in [0.717, 1.165) is 43.6 Å². The van der Waals surface area contributed by atoms with Gasteiger partial charge in [0, 0.05) is 69.3 Å². The van der Waals surface area contributed by atoms with Crippen molar-refractivity contribution in [2.75, 3.05) is 26.2 Å². The molecule has 3 N–H and O–H groups in total. The average molecular weight is 516 g/mol. The molecule has 3 fully saturated rings. The van der Waals surface area contributed by atoms with Crippen LogP contribution in [0.3, 0.4) is 0 Å². The fraction of sp³-hybridized carbons (Fsp3) is 0.613. The van der Waals surface area contributed by atoms with Gasteiger partial charge in [0.25, 0.3) is 0 Å². The first-order valence-corrected chi connectivity index (χ1v) is 15.0. The van der Waals surface area contributed by atoms with E-state index < -0.39 is 0 Å². The summed E-state index contributed by atoms with van der Waals surface area (Å²) in [6, 6.07) is 10.4. The van der Waals surface area contributed by atoms with Crippen LogP contribution in [0.5, 0.6) is 0 Å². The van der Waals surface area contributed by atoms with Gasteiger partial charge in [0.05, 0.1) is 0 Å². The van der Waals surface area contributed by atoms with Crippen molar-refractivity contribution in [3.05, 3.63) is 71.8 Å². The van der Waals surface area contributed by atoms with Crippen LogP contribution in [-0.2, 0) is 25.9 Å². The van der Waals surface area contributed by atoms with Gasteiger partial charge in [-0.2, -0.15) is 0 Å².